The highest BCUT2D eigenvalue weighted by Gasteiger charge is 2.44. The van der Waals surface area contributed by atoms with Crippen LogP contribution in [0, 0.1) is 0 Å². The molecule has 8 heteroatoms. The summed E-state index contributed by atoms with van der Waals surface area (Å²) in [5.41, 5.74) is 0.849. The number of rotatable bonds is 4. The molecule has 3 rings (SSSR count). The Morgan fingerprint density at radius 3 is 2.64 bits per heavy atom. The SMILES string of the molecule is CCOC(=O)C1c2ncc(C3CCOCC3)cc2OC1NC(=O)OC(C)(C)C. The molecule has 1 saturated heterocycles. The van der Waals surface area contributed by atoms with Crippen molar-refractivity contribution in [1.82, 2.24) is 10.3 Å². The number of pyridine rings is 1. The highest BCUT2D eigenvalue weighted by molar-refractivity contribution is 5.81. The Hall–Kier alpha value is -2.35. The Balaban J connectivity index is 1.81. The molecular weight excluding hydrogens is 364 g/mol. The van der Waals surface area contributed by atoms with Crippen molar-refractivity contribution in [3.63, 3.8) is 0 Å². The number of hydrogen-bond donors (Lipinski definition) is 1. The smallest absolute Gasteiger partial charge is 0.410 e. The standard InChI is InChI=1S/C20H28N2O6/c1-5-26-18(23)15-16-14(27-17(15)22-19(24)28-20(2,3)4)10-13(11-21-16)12-6-8-25-9-7-12/h10-12,15,17H,5-9H2,1-4H3,(H,22,24). The number of alkyl carbamates (subject to hydrolysis) is 1. The first-order valence-electron chi connectivity index (χ1n) is 9.69. The summed E-state index contributed by atoms with van der Waals surface area (Å²) in [5.74, 6) is -0.503. The highest BCUT2D eigenvalue weighted by Crippen LogP contribution is 2.39. The number of aromatic nitrogens is 1. The number of esters is 1. The van der Waals surface area contributed by atoms with E-state index in [0.29, 0.717) is 17.4 Å². The Kier molecular flexibility index (Phi) is 6.07. The van der Waals surface area contributed by atoms with Gasteiger partial charge in [-0.05, 0) is 58.1 Å². The van der Waals surface area contributed by atoms with Crippen LogP contribution in [0.5, 0.6) is 5.75 Å². The van der Waals surface area contributed by atoms with Gasteiger partial charge in [0.2, 0.25) is 0 Å². The van der Waals surface area contributed by atoms with E-state index in [-0.39, 0.29) is 6.61 Å². The molecule has 2 aliphatic heterocycles. The molecular formula is C20H28N2O6. The number of nitrogens with zero attached hydrogens (tertiary/aromatic N) is 1. The third kappa shape index (κ3) is 4.73. The molecule has 0 radical (unpaired) electrons. The summed E-state index contributed by atoms with van der Waals surface area (Å²) in [7, 11) is 0. The van der Waals surface area contributed by atoms with E-state index in [1.807, 2.05) is 6.07 Å². The summed E-state index contributed by atoms with van der Waals surface area (Å²) in [6.45, 7) is 8.69. The van der Waals surface area contributed by atoms with Gasteiger partial charge in [0.1, 0.15) is 17.0 Å². The van der Waals surface area contributed by atoms with Crippen LogP contribution in [0.25, 0.3) is 0 Å². The van der Waals surface area contributed by atoms with E-state index in [1.165, 1.54) is 0 Å². The monoisotopic (exact) mass is 392 g/mol. The molecule has 0 saturated carbocycles. The van der Waals surface area contributed by atoms with Crippen molar-refractivity contribution in [3.05, 3.63) is 23.5 Å². The molecule has 1 fully saturated rings. The lowest BCUT2D eigenvalue weighted by molar-refractivity contribution is -0.146. The molecule has 28 heavy (non-hydrogen) atoms. The lowest BCUT2D eigenvalue weighted by Gasteiger charge is -2.23. The maximum atomic E-state index is 12.5. The minimum Gasteiger partial charge on any atom is -0.467 e. The van der Waals surface area contributed by atoms with Crippen LogP contribution in [0.1, 0.15) is 63.6 Å². The average molecular weight is 392 g/mol. The maximum absolute atomic E-state index is 12.5. The minimum absolute atomic E-state index is 0.226. The number of nitrogens with one attached hydrogen (secondary N) is 1. The highest BCUT2D eigenvalue weighted by atomic mass is 16.6. The van der Waals surface area contributed by atoms with Crippen molar-refractivity contribution < 1.29 is 28.5 Å². The van der Waals surface area contributed by atoms with Crippen molar-refractivity contribution in [2.24, 2.45) is 0 Å². The Labute approximate surface area is 164 Å². The van der Waals surface area contributed by atoms with Crippen LogP contribution in [0.3, 0.4) is 0 Å². The summed E-state index contributed by atoms with van der Waals surface area (Å²) in [4.78, 5) is 29.2. The van der Waals surface area contributed by atoms with E-state index in [0.717, 1.165) is 31.6 Å². The van der Waals surface area contributed by atoms with Gasteiger partial charge < -0.3 is 18.9 Å². The van der Waals surface area contributed by atoms with Crippen molar-refractivity contribution >= 4 is 12.1 Å². The third-order valence-corrected chi connectivity index (χ3v) is 4.65. The van der Waals surface area contributed by atoms with E-state index in [4.69, 9.17) is 18.9 Å². The predicted molar refractivity (Wildman–Crippen MR) is 100 cm³/mol. The fraction of sp³-hybridized carbons (Fsp3) is 0.650. The first-order valence-corrected chi connectivity index (χ1v) is 9.69. The second-order valence-electron chi connectivity index (χ2n) is 7.95. The van der Waals surface area contributed by atoms with E-state index in [2.05, 4.69) is 10.3 Å². The third-order valence-electron chi connectivity index (χ3n) is 4.65. The average Bonchev–Trinajstić information content (AvgIpc) is 2.97. The molecule has 1 aromatic rings. The number of fused-ring (bicyclic) bond motifs is 1. The van der Waals surface area contributed by atoms with Crippen molar-refractivity contribution in [2.45, 2.75) is 64.2 Å². The van der Waals surface area contributed by atoms with Crippen molar-refractivity contribution in [3.8, 4) is 5.75 Å². The molecule has 154 valence electrons. The fourth-order valence-electron chi connectivity index (χ4n) is 3.40. The zero-order chi connectivity index (χ0) is 20.3. The quantitative estimate of drug-likeness (QED) is 0.787. The van der Waals surface area contributed by atoms with Crippen molar-refractivity contribution in [2.75, 3.05) is 19.8 Å². The van der Waals surface area contributed by atoms with Gasteiger partial charge in [-0.1, -0.05) is 0 Å². The lowest BCUT2D eigenvalue weighted by Crippen LogP contribution is -2.45. The summed E-state index contributed by atoms with van der Waals surface area (Å²) in [6, 6.07) is 1.90. The zero-order valence-electron chi connectivity index (χ0n) is 16.8. The first kappa shape index (κ1) is 20.4. The summed E-state index contributed by atoms with van der Waals surface area (Å²) < 4.78 is 21.8. The van der Waals surface area contributed by atoms with Crippen LogP contribution in [-0.2, 0) is 19.0 Å². The fourth-order valence-corrected chi connectivity index (χ4v) is 3.40. The molecule has 0 aromatic carbocycles. The van der Waals surface area contributed by atoms with Gasteiger partial charge in [-0.15, -0.1) is 0 Å². The number of amides is 1. The molecule has 8 nitrogen and oxygen atoms in total. The molecule has 0 aliphatic carbocycles. The summed E-state index contributed by atoms with van der Waals surface area (Å²) in [5, 5.41) is 2.63. The molecule has 3 heterocycles. The van der Waals surface area contributed by atoms with Gasteiger partial charge in [0.15, 0.2) is 12.1 Å². The van der Waals surface area contributed by atoms with Gasteiger partial charge in [-0.2, -0.15) is 0 Å². The maximum Gasteiger partial charge on any atom is 0.410 e. The van der Waals surface area contributed by atoms with Crippen LogP contribution >= 0.6 is 0 Å². The van der Waals surface area contributed by atoms with Gasteiger partial charge in [0.05, 0.1) is 6.61 Å². The normalized spacial score (nSPS) is 22.1. The van der Waals surface area contributed by atoms with E-state index in [1.54, 1.807) is 33.9 Å². The minimum atomic E-state index is -0.929. The van der Waals surface area contributed by atoms with Gasteiger partial charge in [-0.3, -0.25) is 15.1 Å². The van der Waals surface area contributed by atoms with Crippen LogP contribution in [0.4, 0.5) is 4.79 Å². The summed E-state index contributed by atoms with van der Waals surface area (Å²) in [6.07, 6.45) is 2.02. The molecule has 1 aromatic heterocycles. The number of carbonyl (C=O) groups excluding carboxylic acids is 2. The number of hydrogen-bond acceptors (Lipinski definition) is 7. The van der Waals surface area contributed by atoms with Crippen molar-refractivity contribution in [1.29, 1.82) is 0 Å². The Morgan fingerprint density at radius 1 is 1.29 bits per heavy atom. The topological polar surface area (TPSA) is 96.0 Å². The van der Waals surface area contributed by atoms with Crippen LogP contribution in [0.15, 0.2) is 12.3 Å². The van der Waals surface area contributed by atoms with Crippen LogP contribution < -0.4 is 10.1 Å². The Bertz CT molecular complexity index is 724. The molecule has 1 amide bonds. The Morgan fingerprint density at radius 2 is 2.00 bits per heavy atom. The predicted octanol–water partition coefficient (Wildman–Crippen LogP) is 2.87. The number of ether oxygens (including phenoxy) is 4. The largest absolute Gasteiger partial charge is 0.467 e. The first-order chi connectivity index (χ1) is 13.3. The van der Waals surface area contributed by atoms with Gasteiger partial charge >= 0.3 is 12.1 Å². The number of carbonyl (C=O) groups is 2. The summed E-state index contributed by atoms with van der Waals surface area (Å²) >= 11 is 0. The molecule has 0 spiro atoms. The van der Waals surface area contributed by atoms with E-state index >= 15 is 0 Å². The van der Waals surface area contributed by atoms with E-state index in [9.17, 15) is 9.59 Å². The van der Waals surface area contributed by atoms with Crippen LogP contribution in [0.2, 0.25) is 0 Å². The molecule has 2 atom stereocenters. The van der Waals surface area contributed by atoms with Crippen LogP contribution in [-0.4, -0.2) is 48.7 Å². The zero-order valence-corrected chi connectivity index (χ0v) is 16.8. The second-order valence-corrected chi connectivity index (χ2v) is 7.95. The second kappa shape index (κ2) is 8.34. The molecule has 2 aliphatic rings. The van der Waals surface area contributed by atoms with Gasteiger partial charge in [0, 0.05) is 19.4 Å². The van der Waals surface area contributed by atoms with Gasteiger partial charge in [0.25, 0.3) is 0 Å². The molecule has 1 N–H and O–H groups in total. The van der Waals surface area contributed by atoms with E-state index < -0.39 is 29.8 Å². The molecule has 0 bridgehead atoms. The lowest BCUT2D eigenvalue weighted by atomic mass is 9.92. The molecule has 2 unspecified atom stereocenters. The van der Waals surface area contributed by atoms with Gasteiger partial charge in [-0.25, -0.2) is 4.79 Å².